The molecule has 72 valence electrons. The summed E-state index contributed by atoms with van der Waals surface area (Å²) in [6.45, 7) is 4.02. The van der Waals surface area contributed by atoms with E-state index in [1.807, 2.05) is 13.8 Å². The molecule has 0 saturated carbocycles. The molecule has 0 unspecified atom stereocenters. The quantitative estimate of drug-likeness (QED) is 0.529. The molecule has 0 aliphatic carbocycles. The number of aliphatic hydroxyl groups excluding tert-OH is 1. The van der Waals surface area contributed by atoms with E-state index in [1.165, 1.54) is 0 Å². The second-order valence-electron chi connectivity index (χ2n) is 3.53. The predicted molar refractivity (Wildman–Crippen MR) is 47.2 cm³/mol. The number of carbonyl (C=O) groups is 1. The molecule has 4 heteroatoms. The number of nitrogens with two attached hydrogens (primary N) is 2. The summed E-state index contributed by atoms with van der Waals surface area (Å²) in [5.41, 5.74) is 10.5. The number of primary amides is 1. The van der Waals surface area contributed by atoms with E-state index in [2.05, 4.69) is 0 Å². The van der Waals surface area contributed by atoms with Gasteiger partial charge in [0.05, 0.1) is 12.5 Å². The summed E-state index contributed by atoms with van der Waals surface area (Å²) in [6, 6.07) is -0.350. The summed E-state index contributed by atoms with van der Waals surface area (Å²) >= 11 is 0. The second kappa shape index (κ2) is 5.11. The van der Waals surface area contributed by atoms with Crippen LogP contribution in [0.5, 0.6) is 0 Å². The first-order valence-electron chi connectivity index (χ1n) is 4.15. The Kier molecular flexibility index (Phi) is 4.85. The number of aliphatic hydroxyl groups is 1. The maximum Gasteiger partial charge on any atom is 0.220 e. The normalized spacial score (nSPS) is 16.1. The van der Waals surface area contributed by atoms with E-state index in [4.69, 9.17) is 11.5 Å². The number of hydrogen-bond donors (Lipinski definition) is 3. The number of amides is 1. The van der Waals surface area contributed by atoms with Crippen molar-refractivity contribution in [2.75, 3.05) is 0 Å². The molecule has 0 aromatic heterocycles. The van der Waals surface area contributed by atoms with E-state index >= 15 is 0 Å². The SMILES string of the molecule is CC(C)C[C@@H](N)[C@H](O)CC(N)=O. The van der Waals surface area contributed by atoms with Gasteiger partial charge in [0.1, 0.15) is 0 Å². The minimum atomic E-state index is -0.801. The zero-order valence-corrected chi connectivity index (χ0v) is 7.66. The van der Waals surface area contributed by atoms with E-state index in [1.54, 1.807) is 0 Å². The molecule has 5 N–H and O–H groups in total. The van der Waals surface area contributed by atoms with Gasteiger partial charge in [-0.1, -0.05) is 13.8 Å². The van der Waals surface area contributed by atoms with E-state index in [0.29, 0.717) is 12.3 Å². The third-order valence-electron chi connectivity index (χ3n) is 1.65. The lowest BCUT2D eigenvalue weighted by Gasteiger charge is -2.18. The van der Waals surface area contributed by atoms with Crippen LogP contribution in [0.15, 0.2) is 0 Å². The molecule has 4 nitrogen and oxygen atoms in total. The van der Waals surface area contributed by atoms with E-state index in [0.717, 1.165) is 0 Å². The minimum Gasteiger partial charge on any atom is -0.391 e. The monoisotopic (exact) mass is 174 g/mol. The largest absolute Gasteiger partial charge is 0.391 e. The van der Waals surface area contributed by atoms with Gasteiger partial charge in [0.25, 0.3) is 0 Å². The van der Waals surface area contributed by atoms with Crippen LogP contribution in [0, 0.1) is 5.92 Å². The molecule has 1 amide bonds. The van der Waals surface area contributed by atoms with Crippen LogP contribution >= 0.6 is 0 Å². The molecule has 0 fully saturated rings. The van der Waals surface area contributed by atoms with E-state index < -0.39 is 12.0 Å². The molecule has 12 heavy (non-hydrogen) atoms. The average molecular weight is 174 g/mol. The topological polar surface area (TPSA) is 89.3 Å². The first-order valence-corrected chi connectivity index (χ1v) is 4.15. The van der Waals surface area contributed by atoms with Crippen molar-refractivity contribution in [3.05, 3.63) is 0 Å². The predicted octanol–water partition coefficient (Wildman–Crippen LogP) is -0.404. The minimum absolute atomic E-state index is 0.0477. The van der Waals surface area contributed by atoms with Crippen molar-refractivity contribution in [3.63, 3.8) is 0 Å². The molecule has 0 aliphatic rings. The maximum absolute atomic E-state index is 10.4. The lowest BCUT2D eigenvalue weighted by atomic mass is 9.98. The van der Waals surface area contributed by atoms with Gasteiger partial charge >= 0.3 is 0 Å². The van der Waals surface area contributed by atoms with Crippen LogP contribution in [0.3, 0.4) is 0 Å². The molecule has 0 bridgehead atoms. The highest BCUT2D eigenvalue weighted by atomic mass is 16.3. The molecule has 0 rings (SSSR count). The number of hydrogen-bond acceptors (Lipinski definition) is 3. The number of carbonyl (C=O) groups excluding carboxylic acids is 1. The molecule has 0 saturated heterocycles. The highest BCUT2D eigenvalue weighted by Gasteiger charge is 2.17. The van der Waals surface area contributed by atoms with Gasteiger partial charge < -0.3 is 16.6 Å². The third kappa shape index (κ3) is 5.09. The molecule has 0 radical (unpaired) electrons. The Morgan fingerprint density at radius 1 is 1.50 bits per heavy atom. The van der Waals surface area contributed by atoms with Crippen molar-refractivity contribution >= 4 is 5.91 Å². The van der Waals surface area contributed by atoms with Gasteiger partial charge in [-0.15, -0.1) is 0 Å². The average Bonchev–Trinajstić information content (AvgIpc) is 1.84. The Morgan fingerprint density at radius 2 is 2.00 bits per heavy atom. The Bertz CT molecular complexity index is 148. The Hall–Kier alpha value is -0.610. The van der Waals surface area contributed by atoms with E-state index in [-0.39, 0.29) is 12.5 Å². The summed E-state index contributed by atoms with van der Waals surface area (Å²) in [5, 5.41) is 9.31. The molecule has 0 aliphatic heterocycles. The third-order valence-corrected chi connectivity index (χ3v) is 1.65. The summed E-state index contributed by atoms with van der Waals surface area (Å²) in [7, 11) is 0. The van der Waals surface area contributed by atoms with Gasteiger partial charge in [-0.3, -0.25) is 4.79 Å². The Labute approximate surface area is 72.9 Å². The summed E-state index contributed by atoms with van der Waals surface area (Å²) in [4.78, 5) is 10.4. The van der Waals surface area contributed by atoms with Crippen molar-refractivity contribution in [3.8, 4) is 0 Å². The Balaban J connectivity index is 3.76. The first kappa shape index (κ1) is 11.4. The van der Waals surface area contributed by atoms with Crippen molar-refractivity contribution < 1.29 is 9.90 Å². The van der Waals surface area contributed by atoms with Gasteiger partial charge in [0, 0.05) is 6.04 Å². The van der Waals surface area contributed by atoms with Crippen LogP contribution in [-0.4, -0.2) is 23.2 Å². The lowest BCUT2D eigenvalue weighted by Crippen LogP contribution is -2.38. The smallest absolute Gasteiger partial charge is 0.220 e. The van der Waals surface area contributed by atoms with Crippen LogP contribution < -0.4 is 11.5 Å². The van der Waals surface area contributed by atoms with Gasteiger partial charge in [0.2, 0.25) is 5.91 Å². The fourth-order valence-corrected chi connectivity index (χ4v) is 1.06. The highest BCUT2D eigenvalue weighted by molar-refractivity contribution is 5.74. The van der Waals surface area contributed by atoms with Crippen molar-refractivity contribution in [2.24, 2.45) is 17.4 Å². The fourth-order valence-electron chi connectivity index (χ4n) is 1.06. The van der Waals surface area contributed by atoms with Crippen LogP contribution in [0.4, 0.5) is 0 Å². The van der Waals surface area contributed by atoms with Crippen molar-refractivity contribution in [1.29, 1.82) is 0 Å². The van der Waals surface area contributed by atoms with Gasteiger partial charge in [-0.05, 0) is 12.3 Å². The van der Waals surface area contributed by atoms with Crippen molar-refractivity contribution in [1.82, 2.24) is 0 Å². The van der Waals surface area contributed by atoms with Crippen LogP contribution in [0.25, 0.3) is 0 Å². The second-order valence-corrected chi connectivity index (χ2v) is 3.53. The molecular formula is C8H18N2O2. The van der Waals surface area contributed by atoms with Crippen LogP contribution in [0.2, 0.25) is 0 Å². The van der Waals surface area contributed by atoms with Crippen LogP contribution in [0.1, 0.15) is 26.7 Å². The van der Waals surface area contributed by atoms with E-state index in [9.17, 15) is 9.90 Å². The lowest BCUT2D eigenvalue weighted by molar-refractivity contribution is -0.120. The fraction of sp³-hybridized carbons (Fsp3) is 0.875. The van der Waals surface area contributed by atoms with Crippen molar-refractivity contribution in [2.45, 2.75) is 38.8 Å². The summed E-state index contributed by atoms with van der Waals surface area (Å²) in [5.74, 6) is -0.0933. The highest BCUT2D eigenvalue weighted by Crippen LogP contribution is 2.07. The van der Waals surface area contributed by atoms with Gasteiger partial charge in [-0.25, -0.2) is 0 Å². The van der Waals surface area contributed by atoms with Gasteiger partial charge in [0.15, 0.2) is 0 Å². The molecule has 0 aromatic carbocycles. The van der Waals surface area contributed by atoms with Crippen LogP contribution in [-0.2, 0) is 4.79 Å². The summed E-state index contributed by atoms with van der Waals surface area (Å²) in [6.07, 6.45) is -0.146. The zero-order chi connectivity index (χ0) is 9.72. The Morgan fingerprint density at radius 3 is 2.33 bits per heavy atom. The molecule has 0 heterocycles. The zero-order valence-electron chi connectivity index (χ0n) is 7.66. The standard InChI is InChI=1S/C8H18N2O2/c1-5(2)3-6(9)7(11)4-8(10)12/h5-7,11H,3-4,9H2,1-2H3,(H2,10,12)/t6-,7-/m1/s1. The molecule has 2 atom stereocenters. The summed E-state index contributed by atoms with van der Waals surface area (Å²) < 4.78 is 0. The maximum atomic E-state index is 10.4. The molecule has 0 spiro atoms. The number of rotatable bonds is 5. The molecule has 0 aromatic rings. The first-order chi connectivity index (χ1) is 5.43. The molecular weight excluding hydrogens is 156 g/mol. The van der Waals surface area contributed by atoms with Gasteiger partial charge in [-0.2, -0.15) is 0 Å².